The maximum Gasteiger partial charge on any atom is 0.306 e. The van der Waals surface area contributed by atoms with Crippen molar-refractivity contribution in [3.8, 4) is 0 Å². The van der Waals surface area contributed by atoms with Crippen molar-refractivity contribution in [1.29, 1.82) is 0 Å². The molecule has 34 heavy (non-hydrogen) atoms. The molecule has 3 rings (SSSR count). The van der Waals surface area contributed by atoms with Gasteiger partial charge in [0.2, 0.25) is 5.91 Å². The molecule has 0 saturated carbocycles. The third-order valence-electron chi connectivity index (χ3n) is 5.85. The topological polar surface area (TPSA) is 55.4 Å². The standard InChI is InChI=1S/C29H33NO3S/c1-2-33-28(32)19-22-34-23-21-30-27(31)18-20-29(24-12-6-3-7-13-24,25-14-8-4-9-15-25)26-16-10-5-11-17-26/h3-17H,2,18-23H2,1H3,(H,30,31). The van der Waals surface area contributed by atoms with E-state index in [1.54, 1.807) is 11.8 Å². The number of amides is 1. The molecule has 0 saturated heterocycles. The first kappa shape index (κ1) is 25.6. The highest BCUT2D eigenvalue weighted by atomic mass is 32.2. The van der Waals surface area contributed by atoms with Gasteiger partial charge in [0, 0.05) is 29.9 Å². The fourth-order valence-electron chi connectivity index (χ4n) is 4.24. The number of thioether (sulfide) groups is 1. The highest BCUT2D eigenvalue weighted by Gasteiger charge is 2.36. The Labute approximate surface area is 207 Å². The molecular formula is C29H33NO3S. The molecule has 3 aromatic rings. The van der Waals surface area contributed by atoms with Gasteiger partial charge in [-0.3, -0.25) is 9.59 Å². The molecular weight excluding hydrogens is 442 g/mol. The van der Waals surface area contributed by atoms with Gasteiger partial charge in [0.25, 0.3) is 0 Å². The van der Waals surface area contributed by atoms with Crippen molar-refractivity contribution in [2.24, 2.45) is 0 Å². The van der Waals surface area contributed by atoms with Crippen LogP contribution in [0.1, 0.15) is 42.9 Å². The van der Waals surface area contributed by atoms with Gasteiger partial charge in [0.15, 0.2) is 0 Å². The molecule has 0 atom stereocenters. The Bertz CT molecular complexity index is 913. The van der Waals surface area contributed by atoms with Crippen molar-refractivity contribution < 1.29 is 14.3 Å². The van der Waals surface area contributed by atoms with E-state index in [0.717, 1.165) is 5.75 Å². The molecule has 0 bridgehead atoms. The van der Waals surface area contributed by atoms with Crippen LogP contribution < -0.4 is 5.32 Å². The molecule has 3 aromatic carbocycles. The van der Waals surface area contributed by atoms with E-state index in [1.807, 2.05) is 25.1 Å². The average Bonchev–Trinajstić information content (AvgIpc) is 2.88. The molecule has 5 heteroatoms. The van der Waals surface area contributed by atoms with Crippen LogP contribution in [0, 0.1) is 0 Å². The van der Waals surface area contributed by atoms with E-state index in [-0.39, 0.29) is 11.9 Å². The highest BCUT2D eigenvalue weighted by molar-refractivity contribution is 7.99. The van der Waals surface area contributed by atoms with Gasteiger partial charge < -0.3 is 10.1 Å². The number of esters is 1. The molecule has 4 nitrogen and oxygen atoms in total. The number of ether oxygens (including phenoxy) is 1. The summed E-state index contributed by atoms with van der Waals surface area (Å²) >= 11 is 1.65. The van der Waals surface area contributed by atoms with Crippen LogP contribution in [-0.4, -0.2) is 36.5 Å². The molecule has 0 unspecified atom stereocenters. The van der Waals surface area contributed by atoms with E-state index in [1.165, 1.54) is 16.7 Å². The van der Waals surface area contributed by atoms with Crippen molar-refractivity contribution in [3.63, 3.8) is 0 Å². The van der Waals surface area contributed by atoms with E-state index < -0.39 is 5.41 Å². The predicted molar refractivity (Wildman–Crippen MR) is 140 cm³/mol. The van der Waals surface area contributed by atoms with Crippen LogP contribution in [0.15, 0.2) is 91.0 Å². The van der Waals surface area contributed by atoms with E-state index in [2.05, 4.69) is 78.1 Å². The summed E-state index contributed by atoms with van der Waals surface area (Å²) in [5.74, 6) is 1.34. The lowest BCUT2D eigenvalue weighted by Gasteiger charge is -2.36. The number of hydrogen-bond acceptors (Lipinski definition) is 4. The largest absolute Gasteiger partial charge is 0.466 e. The highest BCUT2D eigenvalue weighted by Crippen LogP contribution is 2.42. The summed E-state index contributed by atoms with van der Waals surface area (Å²) in [5, 5.41) is 3.05. The van der Waals surface area contributed by atoms with Gasteiger partial charge in [-0.2, -0.15) is 11.8 Å². The van der Waals surface area contributed by atoms with Crippen LogP contribution >= 0.6 is 11.8 Å². The van der Waals surface area contributed by atoms with Crippen LogP contribution in [0.25, 0.3) is 0 Å². The molecule has 0 radical (unpaired) electrons. The van der Waals surface area contributed by atoms with E-state index >= 15 is 0 Å². The molecule has 0 aliphatic rings. The zero-order valence-electron chi connectivity index (χ0n) is 19.7. The molecule has 0 heterocycles. The monoisotopic (exact) mass is 475 g/mol. The molecule has 0 aromatic heterocycles. The van der Waals surface area contributed by atoms with Gasteiger partial charge in [0.1, 0.15) is 0 Å². The Balaban J connectivity index is 1.69. The van der Waals surface area contributed by atoms with E-state index in [0.29, 0.717) is 38.2 Å². The number of carbonyl (C=O) groups excluding carboxylic acids is 2. The molecule has 0 aliphatic carbocycles. The van der Waals surface area contributed by atoms with Crippen LogP contribution in [0.5, 0.6) is 0 Å². The van der Waals surface area contributed by atoms with Crippen LogP contribution in [0.4, 0.5) is 0 Å². The summed E-state index contributed by atoms with van der Waals surface area (Å²) in [7, 11) is 0. The van der Waals surface area contributed by atoms with Gasteiger partial charge in [0.05, 0.1) is 13.0 Å². The van der Waals surface area contributed by atoms with E-state index in [9.17, 15) is 9.59 Å². The Morgan fingerprint density at radius 1 is 0.765 bits per heavy atom. The molecule has 0 aliphatic heterocycles. The smallest absolute Gasteiger partial charge is 0.306 e. The maximum atomic E-state index is 12.8. The zero-order chi connectivity index (χ0) is 24.1. The van der Waals surface area contributed by atoms with Gasteiger partial charge in [-0.15, -0.1) is 0 Å². The normalized spacial score (nSPS) is 11.1. The summed E-state index contributed by atoms with van der Waals surface area (Å²) in [6.45, 7) is 2.81. The Hall–Kier alpha value is -3.05. The van der Waals surface area contributed by atoms with Crippen molar-refractivity contribution in [3.05, 3.63) is 108 Å². The van der Waals surface area contributed by atoms with Crippen LogP contribution in [0.3, 0.4) is 0 Å². The van der Waals surface area contributed by atoms with E-state index in [4.69, 9.17) is 4.74 Å². The second kappa shape index (κ2) is 13.6. The predicted octanol–water partition coefficient (Wildman–Crippen LogP) is 5.60. The number of nitrogens with one attached hydrogen (secondary N) is 1. The maximum absolute atomic E-state index is 12.8. The summed E-state index contributed by atoms with van der Waals surface area (Å²) in [4.78, 5) is 24.2. The first-order valence-electron chi connectivity index (χ1n) is 11.8. The zero-order valence-corrected chi connectivity index (χ0v) is 20.6. The van der Waals surface area contributed by atoms with Crippen molar-refractivity contribution in [2.75, 3.05) is 24.7 Å². The number of carbonyl (C=O) groups is 2. The molecule has 178 valence electrons. The van der Waals surface area contributed by atoms with Gasteiger partial charge >= 0.3 is 5.97 Å². The minimum absolute atomic E-state index is 0.0400. The molecule has 0 fully saturated rings. The first-order chi connectivity index (χ1) is 16.7. The molecule has 1 amide bonds. The Morgan fingerprint density at radius 3 is 1.74 bits per heavy atom. The third kappa shape index (κ3) is 6.97. The summed E-state index contributed by atoms with van der Waals surface area (Å²) in [6.07, 6.45) is 1.47. The lowest BCUT2D eigenvalue weighted by molar-refractivity contribution is -0.142. The lowest BCUT2D eigenvalue weighted by atomic mass is 9.66. The van der Waals surface area contributed by atoms with Gasteiger partial charge in [-0.1, -0.05) is 91.0 Å². The fraction of sp³-hybridized carbons (Fsp3) is 0.310. The minimum atomic E-state index is -0.421. The fourth-order valence-corrected chi connectivity index (χ4v) is 5.01. The Kier molecular flexibility index (Phi) is 10.2. The third-order valence-corrected chi connectivity index (χ3v) is 6.84. The molecule has 0 spiro atoms. The minimum Gasteiger partial charge on any atom is -0.466 e. The Morgan fingerprint density at radius 2 is 1.26 bits per heavy atom. The van der Waals surface area contributed by atoms with Gasteiger partial charge in [-0.25, -0.2) is 0 Å². The quantitative estimate of drug-likeness (QED) is 0.199. The van der Waals surface area contributed by atoms with Crippen LogP contribution in [-0.2, 0) is 19.7 Å². The molecule has 1 N–H and O–H groups in total. The average molecular weight is 476 g/mol. The van der Waals surface area contributed by atoms with Crippen LogP contribution in [0.2, 0.25) is 0 Å². The summed E-state index contributed by atoms with van der Waals surface area (Å²) in [5.41, 5.74) is 3.11. The van der Waals surface area contributed by atoms with Crippen molar-refractivity contribution in [1.82, 2.24) is 5.32 Å². The summed E-state index contributed by atoms with van der Waals surface area (Å²) in [6, 6.07) is 31.3. The van der Waals surface area contributed by atoms with Gasteiger partial charge in [-0.05, 0) is 30.0 Å². The van der Waals surface area contributed by atoms with Crippen molar-refractivity contribution in [2.45, 2.75) is 31.6 Å². The number of rotatable bonds is 13. The second-order valence-corrected chi connectivity index (χ2v) is 9.25. The first-order valence-corrected chi connectivity index (χ1v) is 13.0. The lowest BCUT2D eigenvalue weighted by Crippen LogP contribution is -2.33. The SMILES string of the molecule is CCOC(=O)CCSCCNC(=O)CCC(c1ccccc1)(c1ccccc1)c1ccccc1. The number of benzene rings is 3. The number of hydrogen-bond donors (Lipinski definition) is 1. The second-order valence-electron chi connectivity index (χ2n) is 8.02. The summed E-state index contributed by atoms with van der Waals surface area (Å²) < 4.78 is 4.94. The van der Waals surface area contributed by atoms with Crippen molar-refractivity contribution >= 4 is 23.6 Å².